The Hall–Kier alpha value is -2.92. The molecule has 0 radical (unpaired) electrons. The highest BCUT2D eigenvalue weighted by Gasteiger charge is 2.21. The van der Waals surface area contributed by atoms with Gasteiger partial charge in [0.25, 0.3) is 0 Å². The number of esters is 1. The van der Waals surface area contributed by atoms with E-state index < -0.39 is 5.60 Å². The predicted molar refractivity (Wildman–Crippen MR) is 127 cm³/mol. The average Bonchev–Trinajstić information content (AvgIpc) is 3.05. The number of nitrogens with zero attached hydrogens (tertiary/aromatic N) is 2. The third kappa shape index (κ3) is 5.65. The number of carbonyl (C=O) groups excluding carboxylic acids is 2. The van der Waals surface area contributed by atoms with E-state index in [9.17, 15) is 9.59 Å². The molecule has 32 heavy (non-hydrogen) atoms. The molecule has 0 aliphatic rings. The van der Waals surface area contributed by atoms with E-state index in [-0.39, 0.29) is 11.1 Å². The molecular weight excluding hydrogens is 424 g/mol. The first-order valence-electron chi connectivity index (χ1n) is 10.8. The van der Waals surface area contributed by atoms with Crippen LogP contribution in [-0.4, -0.2) is 27.4 Å². The van der Waals surface area contributed by atoms with Gasteiger partial charge in [0.2, 0.25) is 0 Å². The molecular formula is C26H29ClN2O3. The van der Waals surface area contributed by atoms with E-state index in [4.69, 9.17) is 16.3 Å². The summed E-state index contributed by atoms with van der Waals surface area (Å²) in [6, 6.07) is 15.4. The van der Waals surface area contributed by atoms with Crippen LogP contribution in [0.3, 0.4) is 0 Å². The number of halogens is 1. The minimum Gasteiger partial charge on any atom is -0.456 e. The van der Waals surface area contributed by atoms with Crippen molar-refractivity contribution in [2.45, 2.75) is 59.1 Å². The van der Waals surface area contributed by atoms with Crippen molar-refractivity contribution in [2.24, 2.45) is 0 Å². The lowest BCUT2D eigenvalue weighted by atomic mass is 9.98. The highest BCUT2D eigenvalue weighted by molar-refractivity contribution is 6.31. The molecule has 0 N–H and O–H groups in total. The van der Waals surface area contributed by atoms with E-state index in [0.29, 0.717) is 17.8 Å². The third-order valence-electron chi connectivity index (χ3n) is 5.06. The van der Waals surface area contributed by atoms with Crippen molar-refractivity contribution in [2.75, 3.05) is 0 Å². The fourth-order valence-electron chi connectivity index (χ4n) is 3.51. The number of aldehydes is 1. The summed E-state index contributed by atoms with van der Waals surface area (Å²) in [7, 11) is 0. The molecule has 5 nitrogen and oxygen atoms in total. The summed E-state index contributed by atoms with van der Waals surface area (Å²) in [4.78, 5) is 28.6. The predicted octanol–water partition coefficient (Wildman–Crippen LogP) is 6.36. The minimum atomic E-state index is -0.564. The number of imidazole rings is 1. The maximum atomic E-state index is 12.7. The molecule has 0 amide bonds. The van der Waals surface area contributed by atoms with Gasteiger partial charge in [-0.1, -0.05) is 67.4 Å². The molecule has 0 atom stereocenters. The summed E-state index contributed by atoms with van der Waals surface area (Å²) in [5.41, 5.74) is 3.11. The number of rotatable bonds is 8. The fraction of sp³-hybridized carbons (Fsp3) is 0.346. The van der Waals surface area contributed by atoms with Crippen LogP contribution in [-0.2, 0) is 17.7 Å². The first-order chi connectivity index (χ1) is 15.2. The molecule has 0 saturated carbocycles. The van der Waals surface area contributed by atoms with Gasteiger partial charge >= 0.3 is 5.97 Å². The average molecular weight is 453 g/mol. The highest BCUT2D eigenvalue weighted by Crippen LogP contribution is 2.27. The number of hydrogen-bond donors (Lipinski definition) is 0. The van der Waals surface area contributed by atoms with Gasteiger partial charge in [0.05, 0.1) is 5.56 Å². The van der Waals surface area contributed by atoms with Crippen molar-refractivity contribution in [3.63, 3.8) is 0 Å². The summed E-state index contributed by atoms with van der Waals surface area (Å²) in [5, 5.41) is 0.244. The van der Waals surface area contributed by atoms with Crippen LogP contribution in [0.1, 0.15) is 72.8 Å². The highest BCUT2D eigenvalue weighted by atomic mass is 35.5. The van der Waals surface area contributed by atoms with Crippen molar-refractivity contribution >= 4 is 23.9 Å². The smallest absolute Gasteiger partial charge is 0.339 e. The fourth-order valence-corrected chi connectivity index (χ4v) is 3.76. The lowest BCUT2D eigenvalue weighted by Gasteiger charge is -2.20. The topological polar surface area (TPSA) is 61.2 Å². The Balaban J connectivity index is 1.88. The Morgan fingerprint density at radius 1 is 1.12 bits per heavy atom. The Morgan fingerprint density at radius 2 is 1.81 bits per heavy atom. The van der Waals surface area contributed by atoms with Crippen molar-refractivity contribution in [3.05, 3.63) is 76.3 Å². The van der Waals surface area contributed by atoms with Crippen LogP contribution >= 0.6 is 11.6 Å². The largest absolute Gasteiger partial charge is 0.456 e. The standard InChI is InChI=1S/C26H29ClN2O3/c1-5-6-11-23-28-24(27)22(17-30)29(23)16-18-12-14-19(15-13-18)20-9-7-8-10-21(20)25(31)32-26(2,3)4/h7-10,12-15,17H,5-6,11,16H2,1-4H3. The molecule has 1 aromatic heterocycles. The quantitative estimate of drug-likeness (QED) is 0.294. The summed E-state index contributed by atoms with van der Waals surface area (Å²) in [5.74, 6) is 0.472. The number of carbonyl (C=O) groups is 2. The molecule has 6 heteroatoms. The van der Waals surface area contributed by atoms with E-state index in [1.807, 2.05) is 67.8 Å². The van der Waals surface area contributed by atoms with Crippen LogP contribution in [0.2, 0.25) is 5.15 Å². The second kappa shape index (κ2) is 10.1. The van der Waals surface area contributed by atoms with Crippen LogP contribution in [0.4, 0.5) is 0 Å². The zero-order chi connectivity index (χ0) is 23.3. The maximum Gasteiger partial charge on any atom is 0.339 e. The van der Waals surface area contributed by atoms with Gasteiger partial charge in [-0.2, -0.15) is 0 Å². The normalized spacial score (nSPS) is 11.4. The molecule has 3 rings (SSSR count). The Kier molecular flexibility index (Phi) is 7.52. The zero-order valence-electron chi connectivity index (χ0n) is 19.0. The molecule has 168 valence electrons. The Labute approximate surface area is 194 Å². The van der Waals surface area contributed by atoms with Gasteiger partial charge < -0.3 is 9.30 Å². The van der Waals surface area contributed by atoms with Gasteiger partial charge in [0.1, 0.15) is 17.1 Å². The van der Waals surface area contributed by atoms with E-state index in [1.165, 1.54) is 0 Å². The van der Waals surface area contributed by atoms with E-state index in [2.05, 4.69) is 11.9 Å². The van der Waals surface area contributed by atoms with E-state index in [1.54, 1.807) is 6.07 Å². The first-order valence-corrected chi connectivity index (χ1v) is 11.2. The molecule has 0 aliphatic heterocycles. The lowest BCUT2D eigenvalue weighted by molar-refractivity contribution is 0.00704. The number of aryl methyl sites for hydroxylation is 1. The number of ether oxygens (including phenoxy) is 1. The second-order valence-electron chi connectivity index (χ2n) is 8.76. The second-order valence-corrected chi connectivity index (χ2v) is 9.11. The van der Waals surface area contributed by atoms with Crippen LogP contribution in [0.15, 0.2) is 48.5 Å². The van der Waals surface area contributed by atoms with Crippen molar-refractivity contribution < 1.29 is 14.3 Å². The molecule has 2 aromatic carbocycles. The SMILES string of the molecule is CCCCc1nc(Cl)c(C=O)n1Cc1ccc(-c2ccccc2C(=O)OC(C)(C)C)cc1. The maximum absolute atomic E-state index is 12.7. The van der Waals surface area contributed by atoms with Crippen LogP contribution in [0.5, 0.6) is 0 Å². The Morgan fingerprint density at radius 3 is 2.44 bits per heavy atom. The van der Waals surface area contributed by atoms with Gasteiger partial charge in [-0.25, -0.2) is 9.78 Å². The minimum absolute atomic E-state index is 0.244. The van der Waals surface area contributed by atoms with E-state index >= 15 is 0 Å². The summed E-state index contributed by atoms with van der Waals surface area (Å²) in [6.45, 7) is 8.18. The summed E-state index contributed by atoms with van der Waals surface area (Å²) < 4.78 is 7.45. The van der Waals surface area contributed by atoms with Gasteiger partial charge in [-0.3, -0.25) is 4.79 Å². The van der Waals surface area contributed by atoms with Crippen LogP contribution < -0.4 is 0 Å². The van der Waals surface area contributed by atoms with Crippen molar-refractivity contribution in [3.8, 4) is 11.1 Å². The monoisotopic (exact) mass is 452 g/mol. The first kappa shape index (κ1) is 23.7. The van der Waals surface area contributed by atoms with Crippen molar-refractivity contribution in [1.29, 1.82) is 0 Å². The number of hydrogen-bond acceptors (Lipinski definition) is 4. The molecule has 0 spiro atoms. The lowest BCUT2D eigenvalue weighted by Crippen LogP contribution is -2.24. The molecule has 0 aliphatic carbocycles. The van der Waals surface area contributed by atoms with Gasteiger partial charge in [-0.15, -0.1) is 0 Å². The number of benzene rings is 2. The number of aromatic nitrogens is 2. The molecule has 3 aromatic rings. The van der Waals surface area contributed by atoms with E-state index in [0.717, 1.165) is 48.1 Å². The molecule has 1 heterocycles. The van der Waals surface area contributed by atoms with Crippen LogP contribution in [0.25, 0.3) is 11.1 Å². The third-order valence-corrected chi connectivity index (χ3v) is 5.34. The molecule has 0 fully saturated rings. The van der Waals surface area contributed by atoms with Crippen LogP contribution in [0, 0.1) is 0 Å². The zero-order valence-corrected chi connectivity index (χ0v) is 19.8. The van der Waals surface area contributed by atoms with Gasteiger partial charge in [0, 0.05) is 13.0 Å². The molecule has 0 bridgehead atoms. The summed E-state index contributed by atoms with van der Waals surface area (Å²) >= 11 is 6.19. The van der Waals surface area contributed by atoms with Crippen molar-refractivity contribution in [1.82, 2.24) is 9.55 Å². The van der Waals surface area contributed by atoms with Gasteiger partial charge in [0.15, 0.2) is 11.4 Å². The Bertz CT molecular complexity index is 1100. The molecule has 0 unspecified atom stereocenters. The summed E-state index contributed by atoms with van der Waals surface area (Å²) in [6.07, 6.45) is 3.54. The number of unbranched alkanes of at least 4 members (excludes halogenated alkanes) is 1. The molecule has 0 saturated heterocycles. The van der Waals surface area contributed by atoms with Gasteiger partial charge in [-0.05, 0) is 49.9 Å².